The number of carbonyl (C=O) groups is 2. The number of aryl methyl sites for hydroxylation is 2. The number of ether oxygens (including phenoxy) is 1. The van der Waals surface area contributed by atoms with Gasteiger partial charge in [0.15, 0.2) is 0 Å². The van der Waals surface area contributed by atoms with Crippen molar-refractivity contribution in [2.45, 2.75) is 45.5 Å². The molecule has 1 aliphatic heterocycles. The average molecular weight is 486 g/mol. The summed E-state index contributed by atoms with van der Waals surface area (Å²) >= 11 is 0. The van der Waals surface area contributed by atoms with Crippen molar-refractivity contribution >= 4 is 17.5 Å². The highest BCUT2D eigenvalue weighted by molar-refractivity contribution is 5.98. The van der Waals surface area contributed by atoms with Crippen molar-refractivity contribution in [2.24, 2.45) is 0 Å². The van der Waals surface area contributed by atoms with Gasteiger partial charge < -0.3 is 15.4 Å². The summed E-state index contributed by atoms with van der Waals surface area (Å²) in [5.41, 5.74) is 1.39. The second-order valence-electron chi connectivity index (χ2n) is 8.43. The van der Waals surface area contributed by atoms with Crippen LogP contribution in [0.3, 0.4) is 0 Å². The van der Waals surface area contributed by atoms with Crippen LogP contribution in [0.15, 0.2) is 48.5 Å². The Morgan fingerprint density at radius 1 is 1.14 bits per heavy atom. The molecule has 2 amide bonds. The molecule has 0 radical (unpaired) electrons. The summed E-state index contributed by atoms with van der Waals surface area (Å²) in [4.78, 5) is 24.9. The molecule has 4 rings (SSSR count). The highest BCUT2D eigenvalue weighted by Crippen LogP contribution is 2.33. The van der Waals surface area contributed by atoms with Crippen LogP contribution in [0.1, 0.15) is 45.7 Å². The molecule has 2 N–H and O–H groups in total. The molecule has 1 unspecified atom stereocenters. The monoisotopic (exact) mass is 486 g/mol. The van der Waals surface area contributed by atoms with Crippen molar-refractivity contribution < 1.29 is 27.5 Å². The molecule has 0 aliphatic carbocycles. The first-order chi connectivity index (χ1) is 16.6. The molecule has 2 heterocycles. The third-order valence-corrected chi connectivity index (χ3v) is 5.71. The van der Waals surface area contributed by atoms with Crippen LogP contribution in [0, 0.1) is 13.8 Å². The normalized spacial score (nSPS) is 15.7. The summed E-state index contributed by atoms with van der Waals surface area (Å²) in [5.74, 6) is -0.855. The Balaban J connectivity index is 1.48. The Morgan fingerprint density at radius 3 is 2.60 bits per heavy atom. The summed E-state index contributed by atoms with van der Waals surface area (Å²) in [6.45, 7) is 3.74. The predicted molar refractivity (Wildman–Crippen MR) is 123 cm³/mol. The maximum atomic E-state index is 13.8. The van der Waals surface area contributed by atoms with E-state index in [0.29, 0.717) is 30.1 Å². The number of nitrogens with zero attached hydrogens (tertiary/aromatic N) is 2. The Hall–Kier alpha value is -3.66. The molecule has 0 spiro atoms. The number of rotatable bonds is 6. The molecule has 3 aromatic rings. The Morgan fingerprint density at radius 2 is 1.94 bits per heavy atom. The Kier molecular flexibility index (Phi) is 6.93. The van der Waals surface area contributed by atoms with E-state index < -0.39 is 23.8 Å². The van der Waals surface area contributed by atoms with Crippen LogP contribution >= 0.6 is 0 Å². The minimum Gasteiger partial charge on any atom is -0.368 e. The van der Waals surface area contributed by atoms with Gasteiger partial charge in [0.25, 0.3) is 11.8 Å². The summed E-state index contributed by atoms with van der Waals surface area (Å²) in [7, 11) is 0. The van der Waals surface area contributed by atoms with E-state index in [-0.39, 0.29) is 29.3 Å². The Labute approximate surface area is 200 Å². The largest absolute Gasteiger partial charge is 0.416 e. The van der Waals surface area contributed by atoms with Gasteiger partial charge in [0.05, 0.1) is 16.9 Å². The first-order valence-electron chi connectivity index (χ1n) is 11.2. The smallest absolute Gasteiger partial charge is 0.368 e. The first-order valence-corrected chi connectivity index (χ1v) is 11.2. The minimum atomic E-state index is -4.61. The zero-order valence-corrected chi connectivity index (χ0v) is 19.3. The van der Waals surface area contributed by atoms with Gasteiger partial charge in [-0.05, 0) is 68.7 Å². The zero-order chi connectivity index (χ0) is 25.2. The van der Waals surface area contributed by atoms with Crippen molar-refractivity contribution in [1.82, 2.24) is 15.1 Å². The summed E-state index contributed by atoms with van der Waals surface area (Å²) < 4.78 is 48.2. The topological polar surface area (TPSA) is 85.2 Å². The fourth-order valence-electron chi connectivity index (χ4n) is 4.03. The number of anilines is 1. The van der Waals surface area contributed by atoms with Gasteiger partial charge in [-0.25, -0.2) is 4.68 Å². The van der Waals surface area contributed by atoms with E-state index in [4.69, 9.17) is 4.74 Å². The number of hydrogen-bond acceptors (Lipinski definition) is 4. The third-order valence-electron chi connectivity index (χ3n) is 5.71. The molecule has 35 heavy (non-hydrogen) atoms. The van der Waals surface area contributed by atoms with Crippen LogP contribution in [0.4, 0.5) is 18.9 Å². The maximum Gasteiger partial charge on any atom is 0.416 e. The van der Waals surface area contributed by atoms with E-state index in [2.05, 4.69) is 15.7 Å². The molecule has 1 aliphatic rings. The molecule has 1 aromatic heterocycles. The standard InChI is InChI=1S/C25H25F3N4O3/c1-15-11-16(2)32(31-15)20-9-8-18(21(13-20)25(26,27)28)14-29-23(33)17-5-3-6-19(12-17)30-24(34)22-7-4-10-35-22/h3,5-6,8-9,11-13,22H,4,7,10,14H2,1-2H3,(H,29,33)(H,30,34). The molecule has 184 valence electrons. The van der Waals surface area contributed by atoms with Crippen molar-refractivity contribution in [3.63, 3.8) is 0 Å². The SMILES string of the molecule is Cc1cc(C)n(-c2ccc(CNC(=O)c3cccc(NC(=O)C4CCCO4)c3)c(C(F)(F)F)c2)n1. The van der Waals surface area contributed by atoms with E-state index in [1.54, 1.807) is 32.0 Å². The van der Waals surface area contributed by atoms with Crippen LogP contribution in [0.5, 0.6) is 0 Å². The van der Waals surface area contributed by atoms with Crippen molar-refractivity contribution in [2.75, 3.05) is 11.9 Å². The summed E-state index contributed by atoms with van der Waals surface area (Å²) in [6.07, 6.45) is -3.70. The number of benzene rings is 2. The van der Waals surface area contributed by atoms with Gasteiger partial charge in [0.1, 0.15) is 6.10 Å². The summed E-state index contributed by atoms with van der Waals surface area (Å²) in [5, 5.41) is 9.49. The van der Waals surface area contributed by atoms with Crippen molar-refractivity contribution in [1.29, 1.82) is 0 Å². The van der Waals surface area contributed by atoms with Gasteiger partial charge in [-0.15, -0.1) is 0 Å². The molecule has 10 heteroatoms. The van der Waals surface area contributed by atoms with Crippen LogP contribution in [-0.2, 0) is 22.3 Å². The Bertz CT molecular complexity index is 1250. The first kappa shape index (κ1) is 24.5. The van der Waals surface area contributed by atoms with E-state index in [1.807, 2.05) is 0 Å². The number of aromatic nitrogens is 2. The number of carbonyl (C=O) groups excluding carboxylic acids is 2. The number of halogens is 3. The van der Waals surface area contributed by atoms with Crippen LogP contribution in [0.25, 0.3) is 5.69 Å². The maximum absolute atomic E-state index is 13.8. The van der Waals surface area contributed by atoms with Crippen LogP contribution in [0.2, 0.25) is 0 Å². The van der Waals surface area contributed by atoms with Crippen molar-refractivity contribution in [3.05, 3.63) is 76.6 Å². The molecular weight excluding hydrogens is 461 g/mol. The number of amides is 2. The van der Waals surface area contributed by atoms with E-state index >= 15 is 0 Å². The molecule has 2 aromatic carbocycles. The highest BCUT2D eigenvalue weighted by Gasteiger charge is 2.34. The second kappa shape index (κ2) is 9.91. The molecular formula is C25H25F3N4O3. The quantitative estimate of drug-likeness (QED) is 0.535. The average Bonchev–Trinajstić information content (AvgIpc) is 3.46. The van der Waals surface area contributed by atoms with Gasteiger partial charge in [-0.1, -0.05) is 12.1 Å². The number of nitrogens with one attached hydrogen (secondary N) is 2. The molecule has 1 atom stereocenters. The molecule has 0 saturated carbocycles. The minimum absolute atomic E-state index is 0.0704. The molecule has 7 nitrogen and oxygen atoms in total. The molecule has 1 fully saturated rings. The number of alkyl halides is 3. The fourth-order valence-corrected chi connectivity index (χ4v) is 4.03. The van der Waals surface area contributed by atoms with Crippen molar-refractivity contribution in [3.8, 4) is 5.69 Å². The van der Waals surface area contributed by atoms with E-state index in [1.165, 1.54) is 28.9 Å². The predicted octanol–water partition coefficient (Wildman–Crippen LogP) is 4.56. The van der Waals surface area contributed by atoms with Crippen LogP contribution < -0.4 is 10.6 Å². The van der Waals surface area contributed by atoms with Gasteiger partial charge in [-0.2, -0.15) is 18.3 Å². The van der Waals surface area contributed by atoms with Gasteiger partial charge in [0.2, 0.25) is 0 Å². The fraction of sp³-hybridized carbons (Fsp3) is 0.320. The van der Waals surface area contributed by atoms with Gasteiger partial charge >= 0.3 is 6.18 Å². The third kappa shape index (κ3) is 5.71. The zero-order valence-electron chi connectivity index (χ0n) is 19.3. The summed E-state index contributed by atoms with van der Waals surface area (Å²) in [6, 6.07) is 11.9. The molecule has 0 bridgehead atoms. The van der Waals surface area contributed by atoms with E-state index in [0.717, 1.165) is 12.5 Å². The lowest BCUT2D eigenvalue weighted by molar-refractivity contribution is -0.138. The molecule has 1 saturated heterocycles. The van der Waals surface area contributed by atoms with Crippen LogP contribution in [-0.4, -0.2) is 34.3 Å². The lowest BCUT2D eigenvalue weighted by Gasteiger charge is -2.16. The van der Waals surface area contributed by atoms with Gasteiger partial charge in [-0.3, -0.25) is 9.59 Å². The van der Waals surface area contributed by atoms with E-state index in [9.17, 15) is 22.8 Å². The lowest BCUT2D eigenvalue weighted by atomic mass is 10.1. The highest BCUT2D eigenvalue weighted by atomic mass is 19.4. The second-order valence-corrected chi connectivity index (χ2v) is 8.43. The lowest BCUT2D eigenvalue weighted by Crippen LogP contribution is -2.27. The van der Waals surface area contributed by atoms with Gasteiger partial charge in [0, 0.05) is 30.1 Å². The number of hydrogen-bond donors (Lipinski definition) is 2.